The molecule has 1 heterocycles. The molecule has 1 aromatic carbocycles. The first-order valence-electron chi connectivity index (χ1n) is 6.73. The van der Waals surface area contributed by atoms with Crippen LogP contribution in [0, 0.1) is 0 Å². The summed E-state index contributed by atoms with van der Waals surface area (Å²) in [5, 5.41) is 2.23. The van der Waals surface area contributed by atoms with Crippen molar-refractivity contribution in [1.82, 2.24) is 5.01 Å². The maximum absolute atomic E-state index is 6.13. The Morgan fingerprint density at radius 3 is 2.61 bits per heavy atom. The lowest BCUT2D eigenvalue weighted by atomic mass is 10.2. The number of hydrazine groups is 1. The van der Waals surface area contributed by atoms with Gasteiger partial charge in [0.25, 0.3) is 0 Å². The van der Waals surface area contributed by atoms with Crippen molar-refractivity contribution in [3.05, 3.63) is 18.2 Å². The number of piperidine rings is 1. The number of nitrogens with one attached hydrogen (secondary N) is 1. The standard InChI is InChI=1S/C14H23N3O/c1-11(2)18-13-8-6-7-12(14(13)15)16-17-9-4-3-5-10-17/h6-8,11,16H,3-5,9-10,15H2,1-2H3. The van der Waals surface area contributed by atoms with Gasteiger partial charge in [0.15, 0.2) is 0 Å². The molecule has 3 N–H and O–H groups in total. The van der Waals surface area contributed by atoms with E-state index < -0.39 is 0 Å². The molecule has 0 spiro atoms. The summed E-state index contributed by atoms with van der Waals surface area (Å²) in [6, 6.07) is 5.88. The molecule has 1 saturated heterocycles. The minimum atomic E-state index is 0.137. The Morgan fingerprint density at radius 2 is 1.94 bits per heavy atom. The van der Waals surface area contributed by atoms with Gasteiger partial charge in [0.2, 0.25) is 0 Å². The van der Waals surface area contributed by atoms with E-state index in [1.807, 2.05) is 32.0 Å². The molecule has 1 aliphatic heterocycles. The zero-order chi connectivity index (χ0) is 13.0. The van der Waals surface area contributed by atoms with E-state index in [1.54, 1.807) is 0 Å². The summed E-state index contributed by atoms with van der Waals surface area (Å²) < 4.78 is 5.69. The van der Waals surface area contributed by atoms with Gasteiger partial charge in [-0.15, -0.1) is 0 Å². The van der Waals surface area contributed by atoms with E-state index in [9.17, 15) is 0 Å². The molecule has 1 aliphatic rings. The highest BCUT2D eigenvalue weighted by atomic mass is 16.5. The molecule has 1 fully saturated rings. The molecule has 0 bridgehead atoms. The van der Waals surface area contributed by atoms with Gasteiger partial charge in [-0.05, 0) is 38.8 Å². The zero-order valence-electron chi connectivity index (χ0n) is 11.3. The maximum Gasteiger partial charge on any atom is 0.144 e. The number of nitrogen functional groups attached to an aromatic ring is 1. The molecule has 0 amide bonds. The molecule has 0 atom stereocenters. The van der Waals surface area contributed by atoms with Gasteiger partial charge >= 0.3 is 0 Å². The Bertz CT molecular complexity index is 387. The number of para-hydroxylation sites is 1. The summed E-state index contributed by atoms with van der Waals surface area (Å²) in [6.45, 7) is 6.16. The van der Waals surface area contributed by atoms with Gasteiger partial charge < -0.3 is 15.9 Å². The monoisotopic (exact) mass is 249 g/mol. The SMILES string of the molecule is CC(C)Oc1cccc(NN2CCCCC2)c1N. The third-order valence-electron chi connectivity index (χ3n) is 3.06. The molecule has 100 valence electrons. The summed E-state index contributed by atoms with van der Waals surface area (Å²) in [5.74, 6) is 0.756. The van der Waals surface area contributed by atoms with E-state index in [0.717, 1.165) is 24.5 Å². The molecular weight excluding hydrogens is 226 g/mol. The highest BCUT2D eigenvalue weighted by Crippen LogP contribution is 2.30. The van der Waals surface area contributed by atoms with E-state index in [1.165, 1.54) is 19.3 Å². The summed E-state index contributed by atoms with van der Waals surface area (Å²) in [7, 11) is 0. The van der Waals surface area contributed by atoms with Crippen LogP contribution in [0.3, 0.4) is 0 Å². The fourth-order valence-electron chi connectivity index (χ4n) is 2.17. The van der Waals surface area contributed by atoms with Crippen LogP contribution in [0.2, 0.25) is 0 Å². The maximum atomic E-state index is 6.13. The molecule has 0 aromatic heterocycles. The molecule has 0 radical (unpaired) electrons. The van der Waals surface area contributed by atoms with Crippen LogP contribution in [0.25, 0.3) is 0 Å². The summed E-state index contributed by atoms with van der Waals surface area (Å²) >= 11 is 0. The second-order valence-corrected chi connectivity index (χ2v) is 5.04. The molecule has 0 unspecified atom stereocenters. The number of nitrogens with two attached hydrogens (primary N) is 1. The number of rotatable bonds is 4. The second kappa shape index (κ2) is 5.96. The molecule has 0 aliphatic carbocycles. The fraction of sp³-hybridized carbons (Fsp3) is 0.571. The third-order valence-corrected chi connectivity index (χ3v) is 3.06. The van der Waals surface area contributed by atoms with Crippen LogP contribution in [-0.4, -0.2) is 24.2 Å². The smallest absolute Gasteiger partial charge is 0.144 e. The van der Waals surface area contributed by atoms with Crippen molar-refractivity contribution in [2.75, 3.05) is 24.2 Å². The lowest BCUT2D eigenvalue weighted by Gasteiger charge is -2.28. The number of ether oxygens (including phenoxy) is 1. The number of anilines is 2. The Balaban J connectivity index is 2.07. The molecule has 4 nitrogen and oxygen atoms in total. The molecule has 18 heavy (non-hydrogen) atoms. The van der Waals surface area contributed by atoms with Crippen LogP contribution in [0.5, 0.6) is 5.75 Å². The summed E-state index contributed by atoms with van der Waals surface area (Å²) in [5.41, 5.74) is 11.2. The lowest BCUT2D eigenvalue weighted by molar-refractivity contribution is 0.243. The van der Waals surface area contributed by atoms with Crippen molar-refractivity contribution < 1.29 is 4.74 Å². The predicted molar refractivity (Wildman–Crippen MR) is 75.7 cm³/mol. The van der Waals surface area contributed by atoms with E-state index in [0.29, 0.717) is 5.69 Å². The normalized spacial score (nSPS) is 16.8. The summed E-state index contributed by atoms with van der Waals surface area (Å²) in [4.78, 5) is 0. The second-order valence-electron chi connectivity index (χ2n) is 5.04. The molecular formula is C14H23N3O. The zero-order valence-corrected chi connectivity index (χ0v) is 11.3. The minimum Gasteiger partial charge on any atom is -0.489 e. The molecule has 1 aromatic rings. The number of benzene rings is 1. The third kappa shape index (κ3) is 3.29. The highest BCUT2D eigenvalue weighted by molar-refractivity contribution is 5.72. The average molecular weight is 249 g/mol. The van der Waals surface area contributed by atoms with Gasteiger partial charge in [0.05, 0.1) is 17.5 Å². The highest BCUT2D eigenvalue weighted by Gasteiger charge is 2.13. The Morgan fingerprint density at radius 1 is 1.22 bits per heavy atom. The molecule has 0 saturated carbocycles. The Labute approximate surface area is 109 Å². The number of hydrogen-bond acceptors (Lipinski definition) is 4. The van der Waals surface area contributed by atoms with Crippen LogP contribution in [0.4, 0.5) is 11.4 Å². The predicted octanol–water partition coefficient (Wildman–Crippen LogP) is 2.87. The van der Waals surface area contributed by atoms with Gasteiger partial charge in [0.1, 0.15) is 5.75 Å². The first kappa shape index (κ1) is 13.0. The van der Waals surface area contributed by atoms with Crippen LogP contribution >= 0.6 is 0 Å². The minimum absolute atomic E-state index is 0.137. The van der Waals surface area contributed by atoms with E-state index in [4.69, 9.17) is 10.5 Å². The van der Waals surface area contributed by atoms with Crippen molar-refractivity contribution in [2.24, 2.45) is 0 Å². The van der Waals surface area contributed by atoms with Crippen LogP contribution in [-0.2, 0) is 0 Å². The molecule has 2 rings (SSSR count). The number of hydrogen-bond donors (Lipinski definition) is 2. The van der Waals surface area contributed by atoms with Crippen LogP contribution < -0.4 is 15.9 Å². The first-order chi connectivity index (χ1) is 8.66. The molecule has 4 heteroatoms. The topological polar surface area (TPSA) is 50.5 Å². The van der Waals surface area contributed by atoms with Gasteiger partial charge in [-0.3, -0.25) is 0 Å². The van der Waals surface area contributed by atoms with E-state index >= 15 is 0 Å². The van der Waals surface area contributed by atoms with Gasteiger partial charge in [-0.25, -0.2) is 5.01 Å². The van der Waals surface area contributed by atoms with E-state index in [2.05, 4.69) is 10.4 Å². The van der Waals surface area contributed by atoms with E-state index in [-0.39, 0.29) is 6.10 Å². The van der Waals surface area contributed by atoms with Crippen molar-refractivity contribution in [3.63, 3.8) is 0 Å². The Hall–Kier alpha value is -1.42. The van der Waals surface area contributed by atoms with Gasteiger partial charge in [-0.2, -0.15) is 0 Å². The fourth-order valence-corrected chi connectivity index (χ4v) is 2.17. The largest absolute Gasteiger partial charge is 0.489 e. The van der Waals surface area contributed by atoms with Gasteiger partial charge in [-0.1, -0.05) is 12.5 Å². The van der Waals surface area contributed by atoms with Crippen molar-refractivity contribution in [3.8, 4) is 5.75 Å². The van der Waals surface area contributed by atoms with Crippen molar-refractivity contribution in [2.45, 2.75) is 39.2 Å². The number of nitrogens with zero attached hydrogens (tertiary/aromatic N) is 1. The van der Waals surface area contributed by atoms with Crippen molar-refractivity contribution in [1.29, 1.82) is 0 Å². The van der Waals surface area contributed by atoms with Crippen molar-refractivity contribution >= 4 is 11.4 Å². The lowest BCUT2D eigenvalue weighted by Crippen LogP contribution is -2.35. The summed E-state index contributed by atoms with van der Waals surface area (Å²) in [6.07, 6.45) is 3.95. The Kier molecular flexibility index (Phi) is 4.31. The van der Waals surface area contributed by atoms with Crippen LogP contribution in [0.1, 0.15) is 33.1 Å². The first-order valence-corrected chi connectivity index (χ1v) is 6.73. The van der Waals surface area contributed by atoms with Gasteiger partial charge in [0, 0.05) is 13.1 Å². The quantitative estimate of drug-likeness (QED) is 0.806. The average Bonchev–Trinajstić information content (AvgIpc) is 2.35. The van der Waals surface area contributed by atoms with Crippen LogP contribution in [0.15, 0.2) is 18.2 Å².